The van der Waals surface area contributed by atoms with Crippen LogP contribution in [0, 0.1) is 11.8 Å². The first-order chi connectivity index (χ1) is 9.70. The Hall–Kier alpha value is -1.18. The van der Waals surface area contributed by atoms with Crippen molar-refractivity contribution in [3.8, 4) is 5.75 Å². The number of hydrogen-bond donors (Lipinski definition) is 1. The molecule has 112 valence electrons. The normalized spacial score (nSPS) is 22.8. The van der Waals surface area contributed by atoms with Gasteiger partial charge in [0.25, 0.3) is 0 Å². The zero-order valence-electron chi connectivity index (χ0n) is 13.2. The molecule has 0 heterocycles. The molecule has 1 aliphatic carbocycles. The van der Waals surface area contributed by atoms with Crippen molar-refractivity contribution in [1.29, 1.82) is 0 Å². The molecule has 1 aromatic rings. The summed E-state index contributed by atoms with van der Waals surface area (Å²) in [6.07, 6.45) is 6.66. The SMILES string of the molecule is CCC1CCCCC1Nc1ccccc1OCC(C)C. The van der Waals surface area contributed by atoms with Crippen molar-refractivity contribution in [1.82, 2.24) is 0 Å². The van der Waals surface area contributed by atoms with Crippen molar-refractivity contribution in [3.05, 3.63) is 24.3 Å². The third-order valence-electron chi connectivity index (χ3n) is 4.23. The number of nitrogens with one attached hydrogen (secondary N) is 1. The van der Waals surface area contributed by atoms with E-state index in [1.54, 1.807) is 0 Å². The van der Waals surface area contributed by atoms with Gasteiger partial charge in [0.2, 0.25) is 0 Å². The fourth-order valence-electron chi connectivity index (χ4n) is 3.05. The van der Waals surface area contributed by atoms with Crippen molar-refractivity contribution in [2.24, 2.45) is 11.8 Å². The average molecular weight is 275 g/mol. The largest absolute Gasteiger partial charge is 0.491 e. The van der Waals surface area contributed by atoms with Gasteiger partial charge in [-0.2, -0.15) is 0 Å². The molecule has 2 unspecified atom stereocenters. The van der Waals surface area contributed by atoms with Crippen LogP contribution in [-0.2, 0) is 0 Å². The minimum absolute atomic E-state index is 0.557. The minimum Gasteiger partial charge on any atom is -0.491 e. The predicted octanol–water partition coefficient (Wildman–Crippen LogP) is 5.10. The van der Waals surface area contributed by atoms with Gasteiger partial charge in [-0.1, -0.05) is 52.2 Å². The molecule has 1 aromatic carbocycles. The lowest BCUT2D eigenvalue weighted by atomic mass is 9.83. The van der Waals surface area contributed by atoms with Crippen molar-refractivity contribution in [2.45, 2.75) is 58.9 Å². The van der Waals surface area contributed by atoms with E-state index in [9.17, 15) is 0 Å². The van der Waals surface area contributed by atoms with E-state index < -0.39 is 0 Å². The summed E-state index contributed by atoms with van der Waals surface area (Å²) in [5.41, 5.74) is 1.17. The summed E-state index contributed by atoms with van der Waals surface area (Å²) >= 11 is 0. The first kappa shape index (κ1) is 15.2. The number of ether oxygens (including phenoxy) is 1. The van der Waals surface area contributed by atoms with Crippen LogP contribution < -0.4 is 10.1 Å². The second-order valence-electron chi connectivity index (χ2n) is 6.40. The Bertz CT molecular complexity index is 402. The highest BCUT2D eigenvalue weighted by Crippen LogP contribution is 2.32. The van der Waals surface area contributed by atoms with Crippen molar-refractivity contribution < 1.29 is 4.74 Å². The van der Waals surface area contributed by atoms with E-state index in [0.29, 0.717) is 12.0 Å². The molecule has 1 N–H and O–H groups in total. The number of benzene rings is 1. The van der Waals surface area contributed by atoms with Gasteiger partial charge in [-0.25, -0.2) is 0 Å². The van der Waals surface area contributed by atoms with Crippen LogP contribution in [0.25, 0.3) is 0 Å². The Morgan fingerprint density at radius 1 is 1.20 bits per heavy atom. The Morgan fingerprint density at radius 2 is 1.95 bits per heavy atom. The summed E-state index contributed by atoms with van der Waals surface area (Å²) in [6, 6.07) is 8.98. The third kappa shape index (κ3) is 4.16. The summed E-state index contributed by atoms with van der Waals surface area (Å²) in [5.74, 6) is 2.37. The van der Waals surface area contributed by atoms with Gasteiger partial charge in [-0.05, 0) is 36.8 Å². The van der Waals surface area contributed by atoms with Gasteiger partial charge in [0, 0.05) is 6.04 Å². The molecule has 0 spiro atoms. The van der Waals surface area contributed by atoms with Crippen LogP contribution in [0.15, 0.2) is 24.3 Å². The standard InChI is InChI=1S/C18H29NO/c1-4-15-9-5-6-10-16(15)19-17-11-7-8-12-18(17)20-13-14(2)3/h7-8,11-12,14-16,19H,4-6,9-10,13H2,1-3H3. The zero-order valence-corrected chi connectivity index (χ0v) is 13.2. The molecule has 0 radical (unpaired) electrons. The van der Waals surface area contributed by atoms with Gasteiger partial charge in [0.05, 0.1) is 12.3 Å². The summed E-state index contributed by atoms with van der Waals surface area (Å²) in [6.45, 7) is 7.46. The van der Waals surface area contributed by atoms with Crippen molar-refractivity contribution in [3.63, 3.8) is 0 Å². The smallest absolute Gasteiger partial charge is 0.142 e. The molecule has 2 rings (SSSR count). The van der Waals surface area contributed by atoms with E-state index in [4.69, 9.17) is 4.74 Å². The average Bonchev–Trinajstić information content (AvgIpc) is 2.47. The van der Waals surface area contributed by atoms with Gasteiger partial charge in [0.1, 0.15) is 5.75 Å². The van der Waals surface area contributed by atoms with Crippen molar-refractivity contribution >= 4 is 5.69 Å². The second kappa shape index (κ2) is 7.56. The van der Waals surface area contributed by atoms with Crippen LogP contribution in [0.2, 0.25) is 0 Å². The molecule has 0 amide bonds. The highest BCUT2D eigenvalue weighted by atomic mass is 16.5. The molecule has 0 bridgehead atoms. The molecule has 0 aliphatic heterocycles. The molecule has 2 atom stereocenters. The van der Waals surface area contributed by atoms with Gasteiger partial charge in [0.15, 0.2) is 0 Å². The fraction of sp³-hybridized carbons (Fsp3) is 0.667. The van der Waals surface area contributed by atoms with Crippen LogP contribution in [0.5, 0.6) is 5.75 Å². The molecule has 1 saturated carbocycles. The molecule has 20 heavy (non-hydrogen) atoms. The van der Waals surface area contributed by atoms with E-state index in [-0.39, 0.29) is 0 Å². The summed E-state index contributed by atoms with van der Waals surface area (Å²) < 4.78 is 5.95. The summed E-state index contributed by atoms with van der Waals surface area (Å²) in [4.78, 5) is 0. The Kier molecular flexibility index (Phi) is 5.75. The molecule has 1 aliphatic rings. The number of hydrogen-bond acceptors (Lipinski definition) is 2. The third-order valence-corrected chi connectivity index (χ3v) is 4.23. The quantitative estimate of drug-likeness (QED) is 0.779. The van der Waals surface area contributed by atoms with Crippen LogP contribution >= 0.6 is 0 Å². The maximum Gasteiger partial charge on any atom is 0.142 e. The highest BCUT2D eigenvalue weighted by Gasteiger charge is 2.24. The molecule has 0 aromatic heterocycles. The van der Waals surface area contributed by atoms with Gasteiger partial charge < -0.3 is 10.1 Å². The van der Waals surface area contributed by atoms with E-state index in [1.807, 2.05) is 0 Å². The first-order valence-corrected chi connectivity index (χ1v) is 8.19. The van der Waals surface area contributed by atoms with Crippen LogP contribution in [0.4, 0.5) is 5.69 Å². The molecule has 2 heteroatoms. The zero-order chi connectivity index (χ0) is 14.4. The Balaban J connectivity index is 2.03. The second-order valence-corrected chi connectivity index (χ2v) is 6.40. The van der Waals surface area contributed by atoms with Gasteiger partial charge >= 0.3 is 0 Å². The lowest BCUT2D eigenvalue weighted by molar-refractivity contribution is 0.270. The number of para-hydroxylation sites is 2. The number of rotatable bonds is 6. The van der Waals surface area contributed by atoms with Gasteiger partial charge in [-0.3, -0.25) is 0 Å². The lowest BCUT2D eigenvalue weighted by Gasteiger charge is -2.32. The maximum atomic E-state index is 5.95. The fourth-order valence-corrected chi connectivity index (χ4v) is 3.05. The molecule has 0 saturated heterocycles. The topological polar surface area (TPSA) is 21.3 Å². The summed E-state index contributed by atoms with van der Waals surface area (Å²) in [5, 5.41) is 3.75. The Labute approximate surface area is 123 Å². The first-order valence-electron chi connectivity index (χ1n) is 8.19. The van der Waals surface area contributed by atoms with Crippen LogP contribution in [0.3, 0.4) is 0 Å². The molecule has 1 fully saturated rings. The van der Waals surface area contributed by atoms with Crippen LogP contribution in [-0.4, -0.2) is 12.6 Å². The predicted molar refractivity (Wildman–Crippen MR) is 86.4 cm³/mol. The minimum atomic E-state index is 0.557. The van der Waals surface area contributed by atoms with E-state index in [1.165, 1.54) is 37.8 Å². The van der Waals surface area contributed by atoms with Crippen molar-refractivity contribution in [2.75, 3.05) is 11.9 Å². The molecular formula is C18H29NO. The van der Waals surface area contributed by atoms with E-state index >= 15 is 0 Å². The number of anilines is 1. The van der Waals surface area contributed by atoms with Crippen LogP contribution in [0.1, 0.15) is 52.9 Å². The lowest BCUT2D eigenvalue weighted by Crippen LogP contribution is -2.32. The van der Waals surface area contributed by atoms with E-state index in [2.05, 4.69) is 50.4 Å². The Morgan fingerprint density at radius 3 is 2.70 bits per heavy atom. The maximum absolute atomic E-state index is 5.95. The van der Waals surface area contributed by atoms with E-state index in [0.717, 1.165) is 18.3 Å². The highest BCUT2D eigenvalue weighted by molar-refractivity contribution is 5.56. The monoisotopic (exact) mass is 275 g/mol. The van der Waals surface area contributed by atoms with Gasteiger partial charge in [-0.15, -0.1) is 0 Å². The molecular weight excluding hydrogens is 246 g/mol. The molecule has 2 nitrogen and oxygen atoms in total. The summed E-state index contributed by atoms with van der Waals surface area (Å²) in [7, 11) is 0.